The lowest BCUT2D eigenvalue weighted by molar-refractivity contribution is -0.385. The summed E-state index contributed by atoms with van der Waals surface area (Å²) in [5.41, 5.74) is 8.28. The molecule has 1 saturated heterocycles. The molecular weight excluding hydrogens is 350 g/mol. The molecular formula is C17H15N7O3. The number of aromatic amines is 1. The van der Waals surface area contributed by atoms with Gasteiger partial charge in [0.25, 0.3) is 11.6 Å². The number of hydrogen-bond donors (Lipinski definition) is 2. The number of nitrogen functional groups attached to an aromatic ring is 1. The summed E-state index contributed by atoms with van der Waals surface area (Å²) in [4.78, 5) is 41.4. The number of imidazole rings is 1. The molecule has 1 fully saturated rings. The van der Waals surface area contributed by atoms with Crippen molar-refractivity contribution in [3.05, 3.63) is 51.6 Å². The highest BCUT2D eigenvalue weighted by molar-refractivity contribution is 6.02. The van der Waals surface area contributed by atoms with Crippen molar-refractivity contribution in [3.63, 3.8) is 0 Å². The van der Waals surface area contributed by atoms with Crippen LogP contribution in [0.4, 0.5) is 11.6 Å². The summed E-state index contributed by atoms with van der Waals surface area (Å²) in [5.74, 6) is -0.144. The second kappa shape index (κ2) is 5.47. The molecule has 4 heterocycles. The standard InChI is InChI=1S/C17H15N7O3/c18-17-19-6-10-11(22-17)3-8-1-2-14(10)23(8)16(25)9-4-12-13(21-7-20-12)5-15(9)24(26)27/h4-8,14H,1-3H2,(H,20,21)(H2,18,19,22). The number of nitrogens with zero attached hydrogens (tertiary/aromatic N) is 5. The first kappa shape index (κ1) is 15.7. The summed E-state index contributed by atoms with van der Waals surface area (Å²) < 4.78 is 0. The van der Waals surface area contributed by atoms with E-state index in [0.717, 1.165) is 24.1 Å². The van der Waals surface area contributed by atoms with Gasteiger partial charge in [0.05, 0.1) is 34.0 Å². The van der Waals surface area contributed by atoms with E-state index in [2.05, 4.69) is 19.9 Å². The van der Waals surface area contributed by atoms with E-state index in [9.17, 15) is 14.9 Å². The lowest BCUT2D eigenvalue weighted by Crippen LogP contribution is -2.42. The van der Waals surface area contributed by atoms with Crippen molar-refractivity contribution in [1.82, 2.24) is 24.8 Å². The molecule has 27 heavy (non-hydrogen) atoms. The minimum Gasteiger partial charge on any atom is -0.368 e. The van der Waals surface area contributed by atoms with Gasteiger partial charge in [-0.2, -0.15) is 0 Å². The van der Waals surface area contributed by atoms with Gasteiger partial charge in [0, 0.05) is 30.3 Å². The molecule has 2 aliphatic heterocycles. The second-order valence-electron chi connectivity index (χ2n) is 6.84. The molecule has 2 atom stereocenters. The fourth-order valence-electron chi connectivity index (χ4n) is 4.23. The Labute approximate surface area is 152 Å². The fourth-order valence-corrected chi connectivity index (χ4v) is 4.23. The van der Waals surface area contributed by atoms with E-state index >= 15 is 0 Å². The predicted octanol–water partition coefficient (Wildman–Crippen LogP) is 1.75. The molecule has 0 aliphatic carbocycles. The third kappa shape index (κ3) is 2.26. The van der Waals surface area contributed by atoms with E-state index < -0.39 is 4.92 Å². The number of aromatic nitrogens is 4. The number of nitrogens with two attached hydrogens (primary N) is 1. The lowest BCUT2D eigenvalue weighted by atomic mass is 9.97. The Morgan fingerprint density at radius 2 is 2.19 bits per heavy atom. The van der Waals surface area contributed by atoms with Gasteiger partial charge in [0.1, 0.15) is 5.56 Å². The lowest BCUT2D eigenvalue weighted by Gasteiger charge is -2.35. The normalized spacial score (nSPS) is 20.7. The summed E-state index contributed by atoms with van der Waals surface area (Å²) in [6, 6.07) is 2.60. The Bertz CT molecular complexity index is 1110. The zero-order chi connectivity index (χ0) is 18.7. The quantitative estimate of drug-likeness (QED) is 0.520. The SMILES string of the molecule is Nc1ncc2c(n1)CC1CCC2N1C(=O)c1cc2nc[nH]c2cc1[N+](=O)[O-]. The third-order valence-electron chi connectivity index (χ3n) is 5.41. The summed E-state index contributed by atoms with van der Waals surface area (Å²) in [5, 5.41) is 11.6. The predicted molar refractivity (Wildman–Crippen MR) is 94.8 cm³/mol. The molecule has 2 aromatic heterocycles. The molecule has 1 aromatic carbocycles. The molecule has 136 valence electrons. The number of anilines is 1. The van der Waals surface area contributed by atoms with Crippen LogP contribution in [0.3, 0.4) is 0 Å². The number of amides is 1. The number of H-pyrrole nitrogens is 1. The van der Waals surface area contributed by atoms with Gasteiger partial charge in [-0.3, -0.25) is 14.9 Å². The van der Waals surface area contributed by atoms with Crippen LogP contribution in [0, 0.1) is 10.1 Å². The van der Waals surface area contributed by atoms with E-state index in [1.165, 1.54) is 18.5 Å². The van der Waals surface area contributed by atoms with Crippen LogP contribution in [0.2, 0.25) is 0 Å². The van der Waals surface area contributed by atoms with Gasteiger partial charge in [-0.25, -0.2) is 15.0 Å². The molecule has 3 N–H and O–H groups in total. The molecule has 2 bridgehead atoms. The minimum atomic E-state index is -0.531. The van der Waals surface area contributed by atoms with Crippen LogP contribution in [-0.2, 0) is 6.42 Å². The zero-order valence-electron chi connectivity index (χ0n) is 14.1. The average Bonchev–Trinajstić information content (AvgIpc) is 3.23. The molecule has 2 aliphatic rings. The summed E-state index contributed by atoms with van der Waals surface area (Å²) in [6.45, 7) is 0. The van der Waals surface area contributed by atoms with Gasteiger partial charge in [0.2, 0.25) is 5.95 Å². The van der Waals surface area contributed by atoms with Crippen molar-refractivity contribution in [2.75, 3.05) is 5.73 Å². The van der Waals surface area contributed by atoms with Gasteiger partial charge in [0.15, 0.2) is 0 Å². The van der Waals surface area contributed by atoms with Gasteiger partial charge in [-0.1, -0.05) is 0 Å². The second-order valence-corrected chi connectivity index (χ2v) is 6.84. The van der Waals surface area contributed by atoms with E-state index in [4.69, 9.17) is 5.73 Å². The maximum Gasteiger partial charge on any atom is 0.284 e. The Kier molecular flexibility index (Phi) is 3.17. The van der Waals surface area contributed by atoms with Gasteiger partial charge >= 0.3 is 0 Å². The highest BCUT2D eigenvalue weighted by atomic mass is 16.6. The van der Waals surface area contributed by atoms with Crippen LogP contribution in [0.15, 0.2) is 24.7 Å². The smallest absolute Gasteiger partial charge is 0.284 e. The average molecular weight is 365 g/mol. The number of fused-ring (bicyclic) bond motifs is 5. The van der Waals surface area contributed by atoms with Gasteiger partial charge in [-0.05, 0) is 18.9 Å². The molecule has 10 heteroatoms. The van der Waals surface area contributed by atoms with Crippen molar-refractivity contribution in [2.45, 2.75) is 31.3 Å². The highest BCUT2D eigenvalue weighted by Crippen LogP contribution is 2.44. The number of benzene rings is 1. The first-order valence-electron chi connectivity index (χ1n) is 8.58. The molecule has 5 rings (SSSR count). The first-order valence-corrected chi connectivity index (χ1v) is 8.58. The first-order chi connectivity index (χ1) is 13.0. The van der Waals surface area contributed by atoms with Crippen LogP contribution in [0.25, 0.3) is 11.0 Å². The Hall–Kier alpha value is -3.56. The van der Waals surface area contributed by atoms with Gasteiger partial charge in [-0.15, -0.1) is 0 Å². The molecule has 3 aromatic rings. The Morgan fingerprint density at radius 3 is 3.00 bits per heavy atom. The van der Waals surface area contributed by atoms with Crippen LogP contribution < -0.4 is 5.73 Å². The molecule has 0 saturated carbocycles. The van der Waals surface area contributed by atoms with Crippen LogP contribution in [0.5, 0.6) is 0 Å². The van der Waals surface area contributed by atoms with E-state index in [1.54, 1.807) is 11.1 Å². The molecule has 0 spiro atoms. The summed E-state index contributed by atoms with van der Waals surface area (Å²) in [6.07, 6.45) is 5.27. The largest absolute Gasteiger partial charge is 0.368 e. The van der Waals surface area contributed by atoms with Crippen molar-refractivity contribution < 1.29 is 9.72 Å². The van der Waals surface area contributed by atoms with Crippen molar-refractivity contribution >= 4 is 28.6 Å². The van der Waals surface area contributed by atoms with E-state index in [-0.39, 0.29) is 35.2 Å². The Balaban J connectivity index is 1.61. The molecule has 0 radical (unpaired) electrons. The topological polar surface area (TPSA) is 144 Å². The number of rotatable bonds is 2. The third-order valence-corrected chi connectivity index (χ3v) is 5.41. The van der Waals surface area contributed by atoms with Gasteiger partial charge < -0.3 is 15.6 Å². The molecule has 10 nitrogen and oxygen atoms in total. The minimum absolute atomic E-state index is 0.0521. The van der Waals surface area contributed by atoms with E-state index in [0.29, 0.717) is 17.5 Å². The summed E-state index contributed by atoms with van der Waals surface area (Å²) in [7, 11) is 0. The maximum atomic E-state index is 13.3. The molecule has 1 amide bonds. The monoisotopic (exact) mass is 365 g/mol. The number of nitrogens with one attached hydrogen (secondary N) is 1. The number of nitro benzene ring substituents is 1. The zero-order valence-corrected chi connectivity index (χ0v) is 14.1. The van der Waals surface area contributed by atoms with Crippen molar-refractivity contribution in [1.29, 1.82) is 0 Å². The maximum absolute atomic E-state index is 13.3. The number of carbonyl (C=O) groups is 1. The van der Waals surface area contributed by atoms with E-state index in [1.807, 2.05) is 0 Å². The van der Waals surface area contributed by atoms with Crippen molar-refractivity contribution in [2.24, 2.45) is 0 Å². The highest BCUT2D eigenvalue weighted by Gasteiger charge is 2.45. The van der Waals surface area contributed by atoms with Crippen LogP contribution >= 0.6 is 0 Å². The van der Waals surface area contributed by atoms with Crippen LogP contribution in [0.1, 0.15) is 40.5 Å². The Morgan fingerprint density at radius 1 is 1.33 bits per heavy atom. The van der Waals surface area contributed by atoms with Crippen LogP contribution in [-0.4, -0.2) is 41.7 Å². The molecule has 2 unspecified atom stereocenters. The number of nitro groups is 1. The fraction of sp³-hybridized carbons (Fsp3) is 0.294. The number of hydrogen-bond acceptors (Lipinski definition) is 7. The van der Waals surface area contributed by atoms with Crippen molar-refractivity contribution in [3.8, 4) is 0 Å². The number of carbonyl (C=O) groups excluding carboxylic acids is 1. The summed E-state index contributed by atoms with van der Waals surface area (Å²) >= 11 is 0.